The lowest BCUT2D eigenvalue weighted by Gasteiger charge is -1.96. The SMILES string of the molecule is O=C(O)c1ncc(-c2ccc(Cl)cc2)[nH]1. The zero-order valence-electron chi connectivity index (χ0n) is 7.57. The van der Waals surface area contributed by atoms with E-state index in [4.69, 9.17) is 16.7 Å². The van der Waals surface area contributed by atoms with Gasteiger partial charge in [-0.25, -0.2) is 9.78 Å². The molecular formula is C10H7ClN2O2. The van der Waals surface area contributed by atoms with Crippen LogP contribution in [0.25, 0.3) is 11.3 Å². The van der Waals surface area contributed by atoms with Crippen LogP contribution in [0, 0.1) is 0 Å². The van der Waals surface area contributed by atoms with Crippen LogP contribution in [-0.2, 0) is 0 Å². The van der Waals surface area contributed by atoms with E-state index in [0.717, 1.165) is 5.56 Å². The van der Waals surface area contributed by atoms with Gasteiger partial charge in [0.05, 0.1) is 11.9 Å². The van der Waals surface area contributed by atoms with Gasteiger partial charge in [0.15, 0.2) is 0 Å². The molecule has 0 saturated heterocycles. The number of hydrogen-bond donors (Lipinski definition) is 2. The van der Waals surface area contributed by atoms with Crippen LogP contribution in [0.15, 0.2) is 30.5 Å². The number of imidazole rings is 1. The predicted molar refractivity (Wildman–Crippen MR) is 56.0 cm³/mol. The van der Waals surface area contributed by atoms with Gasteiger partial charge in [0, 0.05) is 5.02 Å². The van der Waals surface area contributed by atoms with Crippen LogP contribution in [0.2, 0.25) is 5.02 Å². The van der Waals surface area contributed by atoms with Gasteiger partial charge >= 0.3 is 5.97 Å². The lowest BCUT2D eigenvalue weighted by molar-refractivity contribution is 0.0685. The average Bonchev–Trinajstić information content (AvgIpc) is 2.68. The summed E-state index contributed by atoms with van der Waals surface area (Å²) in [5.74, 6) is -1.14. The topological polar surface area (TPSA) is 66.0 Å². The van der Waals surface area contributed by atoms with Crippen molar-refractivity contribution < 1.29 is 9.90 Å². The number of rotatable bonds is 2. The Morgan fingerprint density at radius 2 is 2.00 bits per heavy atom. The number of carboxylic acids is 1. The Kier molecular flexibility index (Phi) is 2.43. The molecule has 1 aromatic heterocycles. The number of aromatic carboxylic acids is 1. The monoisotopic (exact) mass is 222 g/mol. The standard InChI is InChI=1S/C10H7ClN2O2/c11-7-3-1-6(2-4-7)8-5-12-9(13-8)10(14)15/h1-5H,(H,12,13)(H,14,15). The van der Waals surface area contributed by atoms with Gasteiger partial charge in [-0.05, 0) is 17.7 Å². The lowest BCUT2D eigenvalue weighted by atomic mass is 10.2. The van der Waals surface area contributed by atoms with Crippen molar-refractivity contribution >= 4 is 17.6 Å². The summed E-state index contributed by atoms with van der Waals surface area (Å²) in [4.78, 5) is 17.0. The Bertz CT molecular complexity index is 490. The van der Waals surface area contributed by atoms with Gasteiger partial charge in [-0.3, -0.25) is 0 Å². The molecule has 0 aliphatic heterocycles. The second kappa shape index (κ2) is 3.74. The van der Waals surface area contributed by atoms with Crippen molar-refractivity contribution in [1.29, 1.82) is 0 Å². The van der Waals surface area contributed by atoms with E-state index in [1.807, 2.05) is 0 Å². The van der Waals surface area contributed by atoms with Crippen LogP contribution in [0.4, 0.5) is 0 Å². The van der Waals surface area contributed by atoms with E-state index in [9.17, 15) is 4.79 Å². The summed E-state index contributed by atoms with van der Waals surface area (Å²) in [5.41, 5.74) is 1.50. The minimum absolute atomic E-state index is 0.0695. The number of H-pyrrole nitrogens is 1. The maximum Gasteiger partial charge on any atom is 0.371 e. The highest BCUT2D eigenvalue weighted by molar-refractivity contribution is 6.30. The fourth-order valence-corrected chi connectivity index (χ4v) is 1.33. The van der Waals surface area contributed by atoms with Gasteiger partial charge in [-0.1, -0.05) is 23.7 Å². The second-order valence-corrected chi connectivity index (χ2v) is 3.39. The zero-order chi connectivity index (χ0) is 10.8. The van der Waals surface area contributed by atoms with Crippen molar-refractivity contribution in [3.63, 3.8) is 0 Å². The van der Waals surface area contributed by atoms with Gasteiger partial charge in [-0.2, -0.15) is 0 Å². The molecule has 0 aliphatic rings. The molecule has 1 heterocycles. The molecule has 0 fully saturated rings. The van der Waals surface area contributed by atoms with Crippen LogP contribution in [0.5, 0.6) is 0 Å². The summed E-state index contributed by atoms with van der Waals surface area (Å²) >= 11 is 5.73. The molecule has 15 heavy (non-hydrogen) atoms. The number of nitrogens with one attached hydrogen (secondary N) is 1. The van der Waals surface area contributed by atoms with Crippen LogP contribution in [0.3, 0.4) is 0 Å². The lowest BCUT2D eigenvalue weighted by Crippen LogP contribution is -1.98. The third kappa shape index (κ3) is 1.99. The molecule has 2 aromatic rings. The first-order chi connectivity index (χ1) is 7.16. The van der Waals surface area contributed by atoms with Gasteiger partial charge < -0.3 is 10.1 Å². The van der Waals surface area contributed by atoms with E-state index in [1.165, 1.54) is 6.20 Å². The third-order valence-corrected chi connectivity index (χ3v) is 2.19. The number of halogens is 1. The maximum atomic E-state index is 10.6. The van der Waals surface area contributed by atoms with Gasteiger partial charge in [-0.15, -0.1) is 0 Å². The summed E-state index contributed by atoms with van der Waals surface area (Å²) in [5, 5.41) is 9.31. The molecule has 4 nitrogen and oxygen atoms in total. The highest BCUT2D eigenvalue weighted by atomic mass is 35.5. The fraction of sp³-hybridized carbons (Fsp3) is 0. The molecule has 76 valence electrons. The zero-order valence-corrected chi connectivity index (χ0v) is 8.32. The van der Waals surface area contributed by atoms with Gasteiger partial charge in [0.1, 0.15) is 0 Å². The largest absolute Gasteiger partial charge is 0.475 e. The van der Waals surface area contributed by atoms with Gasteiger partial charge in [0.2, 0.25) is 5.82 Å². The highest BCUT2D eigenvalue weighted by Gasteiger charge is 2.08. The number of aromatic amines is 1. The molecule has 0 radical (unpaired) electrons. The number of nitrogens with zero attached hydrogens (tertiary/aromatic N) is 1. The number of benzene rings is 1. The smallest absolute Gasteiger partial charge is 0.371 e. The Labute approximate surface area is 90.5 Å². The molecule has 2 N–H and O–H groups in total. The minimum atomic E-state index is -1.07. The van der Waals surface area contributed by atoms with Crippen LogP contribution < -0.4 is 0 Å². The predicted octanol–water partition coefficient (Wildman–Crippen LogP) is 2.43. The number of hydrogen-bond acceptors (Lipinski definition) is 2. The molecule has 2 rings (SSSR count). The Morgan fingerprint density at radius 1 is 1.33 bits per heavy atom. The Balaban J connectivity index is 2.37. The molecule has 0 amide bonds. The maximum absolute atomic E-state index is 10.6. The molecule has 5 heteroatoms. The second-order valence-electron chi connectivity index (χ2n) is 2.96. The average molecular weight is 223 g/mol. The summed E-state index contributed by atoms with van der Waals surface area (Å²) in [7, 11) is 0. The van der Waals surface area contributed by atoms with Crippen LogP contribution >= 0.6 is 11.6 Å². The van der Waals surface area contributed by atoms with E-state index >= 15 is 0 Å². The number of carboxylic acid groups (broad SMARTS) is 1. The van der Waals surface area contributed by atoms with Gasteiger partial charge in [0.25, 0.3) is 0 Å². The van der Waals surface area contributed by atoms with Crippen molar-refractivity contribution in [3.8, 4) is 11.3 Å². The molecule has 1 aromatic carbocycles. The number of carbonyl (C=O) groups is 1. The molecular weight excluding hydrogens is 216 g/mol. The van der Waals surface area contributed by atoms with E-state index in [0.29, 0.717) is 10.7 Å². The third-order valence-electron chi connectivity index (χ3n) is 1.93. The van der Waals surface area contributed by atoms with Crippen molar-refractivity contribution in [1.82, 2.24) is 9.97 Å². The first kappa shape index (κ1) is 9.73. The first-order valence-corrected chi connectivity index (χ1v) is 4.59. The fourth-order valence-electron chi connectivity index (χ4n) is 1.21. The van der Waals surface area contributed by atoms with Crippen molar-refractivity contribution in [2.24, 2.45) is 0 Å². The van der Waals surface area contributed by atoms with Crippen LogP contribution in [-0.4, -0.2) is 21.0 Å². The Hall–Kier alpha value is -1.81. The first-order valence-electron chi connectivity index (χ1n) is 4.21. The van der Waals surface area contributed by atoms with Crippen molar-refractivity contribution in [2.45, 2.75) is 0 Å². The highest BCUT2D eigenvalue weighted by Crippen LogP contribution is 2.19. The van der Waals surface area contributed by atoms with Crippen molar-refractivity contribution in [3.05, 3.63) is 41.3 Å². The molecule has 0 aliphatic carbocycles. The van der Waals surface area contributed by atoms with E-state index in [-0.39, 0.29) is 5.82 Å². The molecule has 0 bridgehead atoms. The normalized spacial score (nSPS) is 10.2. The van der Waals surface area contributed by atoms with E-state index in [1.54, 1.807) is 24.3 Å². The number of aromatic nitrogens is 2. The van der Waals surface area contributed by atoms with E-state index < -0.39 is 5.97 Å². The molecule has 0 unspecified atom stereocenters. The summed E-state index contributed by atoms with van der Waals surface area (Å²) < 4.78 is 0. The summed E-state index contributed by atoms with van der Waals surface area (Å²) in [6.45, 7) is 0. The summed E-state index contributed by atoms with van der Waals surface area (Å²) in [6.07, 6.45) is 1.48. The Morgan fingerprint density at radius 3 is 2.53 bits per heavy atom. The molecule has 0 saturated carbocycles. The quantitative estimate of drug-likeness (QED) is 0.820. The van der Waals surface area contributed by atoms with Crippen LogP contribution in [0.1, 0.15) is 10.6 Å². The minimum Gasteiger partial charge on any atom is -0.475 e. The van der Waals surface area contributed by atoms with Crippen molar-refractivity contribution in [2.75, 3.05) is 0 Å². The molecule has 0 atom stereocenters. The van der Waals surface area contributed by atoms with E-state index in [2.05, 4.69) is 9.97 Å². The molecule has 0 spiro atoms. The summed E-state index contributed by atoms with van der Waals surface area (Å²) in [6, 6.07) is 7.05.